The third-order valence-electron chi connectivity index (χ3n) is 5.02. The molecule has 0 saturated heterocycles. The number of hydrogen-bond acceptors (Lipinski definition) is 3. The van der Waals surface area contributed by atoms with Crippen LogP contribution in [0.5, 0.6) is 0 Å². The Balaban J connectivity index is 1.75. The van der Waals surface area contributed by atoms with Crippen molar-refractivity contribution in [1.82, 2.24) is 0 Å². The second-order valence-electron chi connectivity index (χ2n) is 6.74. The smallest absolute Gasteiger partial charge is 0.227 e. The van der Waals surface area contributed by atoms with Gasteiger partial charge in [0, 0.05) is 42.9 Å². The zero-order chi connectivity index (χ0) is 19.2. The fraction of sp³-hybridized carbons (Fsp3) is 0.364. The van der Waals surface area contributed by atoms with Crippen molar-refractivity contribution in [1.29, 1.82) is 5.26 Å². The third-order valence-corrected chi connectivity index (χ3v) is 5.02. The number of unbranched alkanes of at least 4 members (excludes halogenated alkanes) is 1. The first-order chi connectivity index (χ1) is 13.1. The molecule has 140 valence electrons. The lowest BCUT2D eigenvalue weighted by Crippen LogP contribution is -2.35. The molecule has 1 heterocycles. The minimum absolute atomic E-state index is 0.111. The molecule has 0 aromatic heterocycles. The number of amides is 1. The number of nitriles is 1. The average molecular weight is 365 g/mol. The fourth-order valence-electron chi connectivity index (χ4n) is 3.55. The van der Waals surface area contributed by atoms with Gasteiger partial charge in [-0.2, -0.15) is 5.26 Å². The van der Waals surface area contributed by atoms with Crippen LogP contribution in [0, 0.1) is 17.1 Å². The lowest BCUT2D eigenvalue weighted by molar-refractivity contribution is -0.118. The number of halogens is 1. The zero-order valence-electron chi connectivity index (χ0n) is 15.6. The molecule has 0 saturated carbocycles. The summed E-state index contributed by atoms with van der Waals surface area (Å²) in [4.78, 5) is 14.0. The largest absolute Gasteiger partial charge is 0.381 e. The van der Waals surface area contributed by atoms with Crippen LogP contribution in [0.2, 0.25) is 0 Å². The Morgan fingerprint density at radius 3 is 2.89 bits per heavy atom. The van der Waals surface area contributed by atoms with Crippen molar-refractivity contribution >= 4 is 17.3 Å². The van der Waals surface area contributed by atoms with Gasteiger partial charge in [0.2, 0.25) is 5.91 Å². The summed E-state index contributed by atoms with van der Waals surface area (Å²) < 4.78 is 14.1. The minimum atomic E-state index is -0.186. The number of hydrogen-bond donors (Lipinski definition) is 1. The fourth-order valence-corrected chi connectivity index (χ4v) is 3.55. The molecular weight excluding hydrogens is 341 g/mol. The Bertz CT molecular complexity index is 872. The Kier molecular flexibility index (Phi) is 6.08. The molecule has 0 bridgehead atoms. The zero-order valence-corrected chi connectivity index (χ0v) is 15.6. The van der Waals surface area contributed by atoms with Crippen LogP contribution in [-0.4, -0.2) is 12.5 Å². The van der Waals surface area contributed by atoms with Crippen molar-refractivity contribution < 1.29 is 9.18 Å². The van der Waals surface area contributed by atoms with Gasteiger partial charge in [0.15, 0.2) is 0 Å². The van der Waals surface area contributed by atoms with Gasteiger partial charge in [0.25, 0.3) is 0 Å². The van der Waals surface area contributed by atoms with E-state index in [0.717, 1.165) is 28.9 Å². The molecule has 0 spiro atoms. The lowest BCUT2D eigenvalue weighted by atomic mass is 9.99. The van der Waals surface area contributed by atoms with Gasteiger partial charge in [-0.3, -0.25) is 4.79 Å². The predicted octanol–water partition coefficient (Wildman–Crippen LogP) is 4.58. The van der Waals surface area contributed by atoms with E-state index in [1.54, 1.807) is 11.0 Å². The van der Waals surface area contributed by atoms with E-state index in [0.29, 0.717) is 44.3 Å². The summed E-state index contributed by atoms with van der Waals surface area (Å²) in [5.41, 5.74) is 4.67. The normalized spacial score (nSPS) is 13.2. The number of anilines is 2. The Labute approximate surface area is 159 Å². The second-order valence-corrected chi connectivity index (χ2v) is 6.74. The highest BCUT2D eigenvalue weighted by molar-refractivity contribution is 5.96. The number of nitrogens with zero attached hydrogens (tertiary/aromatic N) is 2. The standard InChI is InChI=1S/C22H24FN3O/c1-2-16-6-5-7-20(23)19(16)15-25-18-9-10-21-17(14-18)8-11-22(27)26(21)13-4-3-12-24/h5-7,9-10,14,25H,2-4,8,11,13,15H2,1H3. The van der Waals surface area contributed by atoms with Crippen molar-refractivity contribution in [3.05, 3.63) is 58.9 Å². The van der Waals surface area contributed by atoms with E-state index in [2.05, 4.69) is 11.4 Å². The molecule has 1 N–H and O–H groups in total. The predicted molar refractivity (Wildman–Crippen MR) is 105 cm³/mol. The molecule has 0 atom stereocenters. The summed E-state index contributed by atoms with van der Waals surface area (Å²) in [7, 11) is 0. The maximum absolute atomic E-state index is 14.1. The van der Waals surface area contributed by atoms with Crippen molar-refractivity contribution in [2.75, 3.05) is 16.8 Å². The van der Waals surface area contributed by atoms with Crippen LogP contribution in [0.15, 0.2) is 36.4 Å². The number of benzene rings is 2. The summed E-state index contributed by atoms with van der Waals surface area (Å²) in [6.07, 6.45) is 3.10. The molecule has 1 aliphatic heterocycles. The molecule has 3 rings (SSSR count). The highest BCUT2D eigenvalue weighted by atomic mass is 19.1. The minimum Gasteiger partial charge on any atom is -0.381 e. The van der Waals surface area contributed by atoms with E-state index in [1.807, 2.05) is 31.2 Å². The van der Waals surface area contributed by atoms with Gasteiger partial charge in [0.05, 0.1) is 6.07 Å². The summed E-state index contributed by atoms with van der Waals surface area (Å²) in [6, 6.07) is 13.2. The first kappa shape index (κ1) is 18.9. The number of nitrogens with one attached hydrogen (secondary N) is 1. The van der Waals surface area contributed by atoms with Gasteiger partial charge in [-0.1, -0.05) is 19.1 Å². The molecule has 5 heteroatoms. The molecule has 1 amide bonds. The van der Waals surface area contributed by atoms with Crippen LogP contribution in [0.4, 0.5) is 15.8 Å². The lowest BCUT2D eigenvalue weighted by Gasteiger charge is -2.29. The summed E-state index contributed by atoms with van der Waals surface area (Å²) in [5, 5.41) is 12.0. The summed E-state index contributed by atoms with van der Waals surface area (Å²) in [6.45, 7) is 3.02. The van der Waals surface area contributed by atoms with E-state index < -0.39 is 0 Å². The van der Waals surface area contributed by atoms with Crippen molar-refractivity contribution in [3.8, 4) is 6.07 Å². The van der Waals surface area contributed by atoms with Gasteiger partial charge in [0.1, 0.15) is 5.82 Å². The number of carbonyl (C=O) groups is 1. The Morgan fingerprint density at radius 2 is 2.11 bits per heavy atom. The first-order valence-corrected chi connectivity index (χ1v) is 9.44. The summed E-state index contributed by atoms with van der Waals surface area (Å²) >= 11 is 0. The molecule has 1 aliphatic rings. The molecule has 4 nitrogen and oxygen atoms in total. The Hall–Kier alpha value is -2.87. The summed E-state index contributed by atoms with van der Waals surface area (Å²) in [5.74, 6) is -0.0748. The first-order valence-electron chi connectivity index (χ1n) is 9.44. The van der Waals surface area contributed by atoms with Crippen LogP contribution in [-0.2, 0) is 24.2 Å². The van der Waals surface area contributed by atoms with Gasteiger partial charge in [-0.15, -0.1) is 0 Å². The van der Waals surface area contributed by atoms with Crippen molar-refractivity contribution in [3.63, 3.8) is 0 Å². The number of carbonyl (C=O) groups excluding carboxylic acids is 1. The third kappa shape index (κ3) is 4.28. The molecule has 2 aromatic rings. The topological polar surface area (TPSA) is 56.1 Å². The van der Waals surface area contributed by atoms with E-state index in [-0.39, 0.29) is 11.7 Å². The monoisotopic (exact) mass is 365 g/mol. The molecular formula is C22H24FN3O. The van der Waals surface area contributed by atoms with E-state index in [1.165, 1.54) is 6.07 Å². The highest BCUT2D eigenvalue weighted by Gasteiger charge is 2.23. The van der Waals surface area contributed by atoms with Gasteiger partial charge < -0.3 is 10.2 Å². The van der Waals surface area contributed by atoms with Crippen molar-refractivity contribution in [2.24, 2.45) is 0 Å². The maximum Gasteiger partial charge on any atom is 0.227 e. The van der Waals surface area contributed by atoms with Gasteiger partial charge >= 0.3 is 0 Å². The molecule has 2 aromatic carbocycles. The van der Waals surface area contributed by atoms with E-state index in [4.69, 9.17) is 5.26 Å². The van der Waals surface area contributed by atoms with Crippen LogP contribution in [0.25, 0.3) is 0 Å². The molecule has 0 radical (unpaired) electrons. The molecule has 0 fully saturated rings. The van der Waals surface area contributed by atoms with E-state index in [9.17, 15) is 9.18 Å². The maximum atomic E-state index is 14.1. The molecule has 0 unspecified atom stereocenters. The highest BCUT2D eigenvalue weighted by Crippen LogP contribution is 2.31. The number of fused-ring (bicyclic) bond motifs is 1. The van der Waals surface area contributed by atoms with Crippen LogP contribution < -0.4 is 10.2 Å². The number of rotatable bonds is 7. The van der Waals surface area contributed by atoms with Gasteiger partial charge in [-0.05, 0) is 54.7 Å². The quantitative estimate of drug-likeness (QED) is 0.731. The number of aryl methyl sites for hydroxylation is 2. The molecule has 0 aliphatic carbocycles. The Morgan fingerprint density at radius 1 is 1.26 bits per heavy atom. The van der Waals surface area contributed by atoms with Crippen LogP contribution >= 0.6 is 0 Å². The van der Waals surface area contributed by atoms with Crippen molar-refractivity contribution in [2.45, 2.75) is 45.6 Å². The SMILES string of the molecule is CCc1cccc(F)c1CNc1ccc2c(c1)CCC(=O)N2CCCC#N. The molecule has 27 heavy (non-hydrogen) atoms. The van der Waals surface area contributed by atoms with Crippen LogP contribution in [0.3, 0.4) is 0 Å². The average Bonchev–Trinajstić information content (AvgIpc) is 2.68. The van der Waals surface area contributed by atoms with E-state index >= 15 is 0 Å². The second kappa shape index (κ2) is 8.68. The van der Waals surface area contributed by atoms with Crippen LogP contribution in [0.1, 0.15) is 42.9 Å². The van der Waals surface area contributed by atoms with Gasteiger partial charge in [-0.25, -0.2) is 4.39 Å².